The van der Waals surface area contributed by atoms with E-state index in [4.69, 9.17) is 5.73 Å². The van der Waals surface area contributed by atoms with Gasteiger partial charge in [0.2, 0.25) is 5.91 Å². The summed E-state index contributed by atoms with van der Waals surface area (Å²) in [5.41, 5.74) is 6.67. The van der Waals surface area contributed by atoms with Crippen LogP contribution in [-0.4, -0.2) is 49.4 Å². The molecular weight excluding hydrogens is 363 g/mol. The number of nitrogens with zero attached hydrogens (tertiary/aromatic N) is 1. The molecule has 0 saturated carbocycles. The van der Waals surface area contributed by atoms with Crippen LogP contribution in [-0.2, 0) is 4.79 Å². The summed E-state index contributed by atoms with van der Waals surface area (Å²) in [6.07, 6.45) is 3.59. The second kappa shape index (κ2) is 12.9. The topological polar surface area (TPSA) is 87.5 Å². The number of hydrogen-bond acceptors (Lipinski definition) is 4. The van der Waals surface area contributed by atoms with E-state index in [1.807, 2.05) is 0 Å². The van der Waals surface area contributed by atoms with Gasteiger partial charge in [-0.1, -0.05) is 0 Å². The van der Waals surface area contributed by atoms with E-state index in [1.165, 1.54) is 12.8 Å². The molecule has 4 N–H and O–H groups in total. The van der Waals surface area contributed by atoms with Crippen molar-refractivity contribution in [2.24, 2.45) is 5.73 Å². The number of amides is 2. The van der Waals surface area contributed by atoms with Crippen LogP contribution in [0.5, 0.6) is 0 Å². The Hall–Kier alpha value is -1.34. The molecule has 1 aromatic rings. The minimum Gasteiger partial charge on any atom is -0.351 e. The largest absolute Gasteiger partial charge is 0.351 e. The predicted molar refractivity (Wildman–Crippen MR) is 106 cm³/mol. The molecule has 2 amide bonds. The van der Waals surface area contributed by atoms with Crippen LogP contribution < -0.4 is 16.4 Å². The maximum atomic E-state index is 12.1. The molecule has 0 spiro atoms. The van der Waals surface area contributed by atoms with Crippen LogP contribution in [0.15, 0.2) is 24.3 Å². The normalized spacial score (nSPS) is 13.5. The summed E-state index contributed by atoms with van der Waals surface area (Å²) in [6, 6.07) is 6.94. The Morgan fingerprint density at radius 2 is 1.72 bits per heavy atom. The van der Waals surface area contributed by atoms with E-state index in [0.29, 0.717) is 37.2 Å². The van der Waals surface area contributed by atoms with Crippen LogP contribution in [0.2, 0.25) is 0 Å². The van der Waals surface area contributed by atoms with Gasteiger partial charge in [-0.15, -0.1) is 24.8 Å². The van der Waals surface area contributed by atoms with Crippen molar-refractivity contribution in [2.75, 3.05) is 38.0 Å². The van der Waals surface area contributed by atoms with Crippen LogP contribution >= 0.6 is 24.8 Å². The molecular formula is C17H28Cl2N4O2. The lowest BCUT2D eigenvalue weighted by atomic mass is 10.2. The van der Waals surface area contributed by atoms with Gasteiger partial charge in [0, 0.05) is 30.8 Å². The van der Waals surface area contributed by atoms with Crippen molar-refractivity contribution < 1.29 is 9.59 Å². The molecule has 0 unspecified atom stereocenters. The highest BCUT2D eigenvalue weighted by molar-refractivity contribution is 5.95. The highest BCUT2D eigenvalue weighted by Gasteiger charge is 2.11. The Bertz CT molecular complexity index is 520. The second-order valence-corrected chi connectivity index (χ2v) is 5.82. The summed E-state index contributed by atoms with van der Waals surface area (Å²) >= 11 is 0. The van der Waals surface area contributed by atoms with Gasteiger partial charge in [-0.2, -0.15) is 0 Å². The fourth-order valence-electron chi connectivity index (χ4n) is 2.63. The van der Waals surface area contributed by atoms with Gasteiger partial charge >= 0.3 is 0 Å². The van der Waals surface area contributed by atoms with Crippen LogP contribution in [0.4, 0.5) is 5.69 Å². The molecule has 0 aromatic heterocycles. The average molecular weight is 391 g/mol. The van der Waals surface area contributed by atoms with Crippen LogP contribution in [0, 0.1) is 0 Å². The zero-order valence-electron chi connectivity index (χ0n) is 14.3. The summed E-state index contributed by atoms with van der Waals surface area (Å²) in [7, 11) is 0. The first kappa shape index (κ1) is 23.7. The lowest BCUT2D eigenvalue weighted by molar-refractivity contribution is -0.116. The molecule has 8 heteroatoms. The number of nitrogens with two attached hydrogens (primary N) is 1. The van der Waals surface area contributed by atoms with Crippen molar-refractivity contribution in [3.8, 4) is 0 Å². The molecule has 1 aromatic carbocycles. The van der Waals surface area contributed by atoms with E-state index >= 15 is 0 Å². The maximum Gasteiger partial charge on any atom is 0.251 e. The van der Waals surface area contributed by atoms with Crippen molar-refractivity contribution in [1.82, 2.24) is 10.2 Å². The Labute approximate surface area is 161 Å². The quantitative estimate of drug-likeness (QED) is 0.633. The summed E-state index contributed by atoms with van der Waals surface area (Å²) in [6.45, 7) is 4.34. The van der Waals surface area contributed by atoms with Crippen molar-refractivity contribution in [3.05, 3.63) is 29.8 Å². The Kier molecular flexibility index (Phi) is 12.2. The van der Waals surface area contributed by atoms with E-state index in [0.717, 1.165) is 19.6 Å². The molecule has 6 nitrogen and oxygen atoms in total. The van der Waals surface area contributed by atoms with E-state index in [1.54, 1.807) is 24.3 Å². The third-order valence-electron chi connectivity index (χ3n) is 3.95. The molecule has 1 heterocycles. The van der Waals surface area contributed by atoms with Crippen molar-refractivity contribution >= 4 is 42.3 Å². The molecule has 0 aliphatic carbocycles. The summed E-state index contributed by atoms with van der Waals surface area (Å²) < 4.78 is 0. The average Bonchev–Trinajstić information content (AvgIpc) is 3.07. The fraction of sp³-hybridized carbons (Fsp3) is 0.529. The molecule has 25 heavy (non-hydrogen) atoms. The molecule has 1 fully saturated rings. The number of likely N-dealkylation sites (tertiary alicyclic amines) is 1. The number of rotatable bonds is 8. The monoisotopic (exact) mass is 390 g/mol. The molecule has 0 atom stereocenters. The number of benzene rings is 1. The number of hydrogen-bond donors (Lipinski definition) is 3. The first-order valence-corrected chi connectivity index (χ1v) is 8.29. The van der Waals surface area contributed by atoms with Crippen LogP contribution in [0.25, 0.3) is 0 Å². The van der Waals surface area contributed by atoms with Gasteiger partial charge in [-0.3, -0.25) is 9.59 Å². The van der Waals surface area contributed by atoms with Crippen molar-refractivity contribution in [1.29, 1.82) is 0 Å². The second-order valence-electron chi connectivity index (χ2n) is 5.82. The SMILES string of the molecule is Cl.Cl.NCCCC(=O)Nc1ccc(C(=O)NCCN2CCCC2)cc1. The van der Waals surface area contributed by atoms with Gasteiger partial charge in [0.1, 0.15) is 0 Å². The fourth-order valence-corrected chi connectivity index (χ4v) is 2.63. The number of carbonyl (C=O) groups excluding carboxylic acids is 2. The van der Waals surface area contributed by atoms with E-state index in [9.17, 15) is 9.59 Å². The lowest BCUT2D eigenvalue weighted by Gasteiger charge is -2.14. The van der Waals surface area contributed by atoms with Crippen molar-refractivity contribution in [2.45, 2.75) is 25.7 Å². The van der Waals surface area contributed by atoms with Gasteiger partial charge in [0.05, 0.1) is 0 Å². The minimum absolute atomic E-state index is 0. The Balaban J connectivity index is 0.00000288. The molecule has 0 bridgehead atoms. The third kappa shape index (κ3) is 8.54. The first-order chi connectivity index (χ1) is 11.2. The summed E-state index contributed by atoms with van der Waals surface area (Å²) in [5, 5.41) is 5.72. The van der Waals surface area contributed by atoms with E-state index in [-0.39, 0.29) is 36.6 Å². The summed E-state index contributed by atoms with van der Waals surface area (Å²) in [5.74, 6) is -0.136. The highest BCUT2D eigenvalue weighted by Crippen LogP contribution is 2.10. The van der Waals surface area contributed by atoms with Crippen LogP contribution in [0.3, 0.4) is 0 Å². The first-order valence-electron chi connectivity index (χ1n) is 8.29. The summed E-state index contributed by atoms with van der Waals surface area (Å²) in [4.78, 5) is 26.0. The molecule has 1 saturated heterocycles. The lowest BCUT2D eigenvalue weighted by Crippen LogP contribution is -2.33. The van der Waals surface area contributed by atoms with E-state index in [2.05, 4.69) is 15.5 Å². The smallest absolute Gasteiger partial charge is 0.251 e. The molecule has 142 valence electrons. The number of carbonyl (C=O) groups is 2. The molecule has 2 rings (SSSR count). The number of nitrogens with one attached hydrogen (secondary N) is 2. The van der Waals surface area contributed by atoms with Crippen molar-refractivity contribution in [3.63, 3.8) is 0 Å². The third-order valence-corrected chi connectivity index (χ3v) is 3.95. The van der Waals surface area contributed by atoms with Gasteiger partial charge in [0.25, 0.3) is 5.91 Å². The minimum atomic E-state index is -0.0785. The van der Waals surface area contributed by atoms with Gasteiger partial charge in [-0.05, 0) is 63.2 Å². The van der Waals surface area contributed by atoms with Gasteiger partial charge < -0.3 is 21.3 Å². The highest BCUT2D eigenvalue weighted by atomic mass is 35.5. The van der Waals surface area contributed by atoms with Crippen LogP contribution in [0.1, 0.15) is 36.0 Å². The maximum absolute atomic E-state index is 12.1. The van der Waals surface area contributed by atoms with E-state index < -0.39 is 0 Å². The molecule has 1 aliphatic heterocycles. The predicted octanol–water partition coefficient (Wildman–Crippen LogP) is 2.03. The van der Waals surface area contributed by atoms with Gasteiger partial charge in [-0.25, -0.2) is 0 Å². The zero-order valence-corrected chi connectivity index (χ0v) is 16.0. The Morgan fingerprint density at radius 3 is 2.32 bits per heavy atom. The number of anilines is 1. The zero-order chi connectivity index (χ0) is 16.5. The number of halogens is 2. The van der Waals surface area contributed by atoms with Gasteiger partial charge in [0.15, 0.2) is 0 Å². The Morgan fingerprint density at radius 1 is 1.08 bits per heavy atom. The standard InChI is InChI=1S/C17H26N4O2.2ClH/c18-9-3-4-16(22)20-15-7-5-14(6-8-15)17(23)19-10-13-21-11-1-2-12-21;;/h5-8H,1-4,9-13,18H2,(H,19,23)(H,20,22);2*1H. The molecule has 0 radical (unpaired) electrons. The molecule has 1 aliphatic rings.